The van der Waals surface area contributed by atoms with Gasteiger partial charge in [-0.2, -0.15) is 5.10 Å². The van der Waals surface area contributed by atoms with Crippen molar-refractivity contribution in [2.24, 2.45) is 11.8 Å². The number of aromatic nitrogens is 4. The van der Waals surface area contributed by atoms with Crippen LogP contribution in [-0.2, 0) is 0 Å². The Labute approximate surface area is 278 Å². The van der Waals surface area contributed by atoms with Crippen LogP contribution in [0.1, 0.15) is 95.2 Å². The highest BCUT2D eigenvalue weighted by molar-refractivity contribution is 6.09. The maximum atomic E-state index is 6.62. The minimum Gasteiger partial charge on any atom is -0.457 e. The van der Waals surface area contributed by atoms with Crippen LogP contribution in [0.2, 0.25) is 0 Å². The fourth-order valence-corrected chi connectivity index (χ4v) is 7.98. The third kappa shape index (κ3) is 5.56. The molecule has 3 heterocycles. The normalized spacial score (nSPS) is 18.4. The molecule has 6 aromatic rings. The molecule has 0 aliphatic heterocycles. The van der Waals surface area contributed by atoms with Crippen molar-refractivity contribution in [3.63, 3.8) is 0 Å². The topological polar surface area (TPSA) is 44.9 Å². The first-order valence-electron chi connectivity index (χ1n) is 17.2. The Bertz CT molecular complexity index is 2130. The molecule has 0 saturated heterocycles. The van der Waals surface area contributed by atoms with Crippen molar-refractivity contribution >= 4 is 21.8 Å². The summed E-state index contributed by atoms with van der Waals surface area (Å²) in [5, 5.41) is 7.72. The van der Waals surface area contributed by atoms with E-state index in [0.717, 1.165) is 34.0 Å². The number of hydrogen-bond acceptors (Lipinski definition) is 3. The van der Waals surface area contributed by atoms with Gasteiger partial charge >= 0.3 is 0 Å². The zero-order valence-corrected chi connectivity index (χ0v) is 29.0. The molecule has 1 aliphatic carbocycles. The van der Waals surface area contributed by atoms with Crippen LogP contribution in [0.15, 0.2) is 96.7 Å². The lowest BCUT2D eigenvalue weighted by molar-refractivity contribution is 0.388. The van der Waals surface area contributed by atoms with E-state index < -0.39 is 0 Å². The van der Waals surface area contributed by atoms with Gasteiger partial charge in [-0.25, -0.2) is 9.67 Å². The number of benzene rings is 3. The van der Waals surface area contributed by atoms with Crippen LogP contribution in [0.5, 0.6) is 11.5 Å². The summed E-state index contributed by atoms with van der Waals surface area (Å²) in [4.78, 5) is 4.74. The van der Waals surface area contributed by atoms with Crippen LogP contribution in [-0.4, -0.2) is 19.3 Å². The largest absolute Gasteiger partial charge is 0.457 e. The van der Waals surface area contributed by atoms with Crippen LogP contribution in [0, 0.1) is 18.8 Å². The minimum absolute atomic E-state index is 0.313. The number of para-hydroxylation sites is 1. The second kappa shape index (κ2) is 12.2. The van der Waals surface area contributed by atoms with Gasteiger partial charge in [-0.05, 0) is 92.0 Å². The molecule has 3 aromatic heterocycles. The fraction of sp³-hybridized carbons (Fsp3) is 0.333. The molecule has 3 atom stereocenters. The van der Waals surface area contributed by atoms with Crippen molar-refractivity contribution in [1.82, 2.24) is 19.3 Å². The first kappa shape index (κ1) is 31.0. The number of aryl methyl sites for hydroxylation is 1. The highest BCUT2D eigenvalue weighted by Crippen LogP contribution is 2.46. The Balaban J connectivity index is 1.31. The molecule has 0 bridgehead atoms. The van der Waals surface area contributed by atoms with Crippen LogP contribution in [0.3, 0.4) is 0 Å². The molecule has 0 radical (unpaired) electrons. The number of rotatable bonds is 7. The molecular formula is C42H46N4O. The Morgan fingerprint density at radius 2 is 1.55 bits per heavy atom. The number of pyridine rings is 1. The predicted octanol–water partition coefficient (Wildman–Crippen LogP) is 11.4. The Morgan fingerprint density at radius 3 is 2.30 bits per heavy atom. The number of allylic oxidation sites excluding steroid dienone is 2. The second-order valence-corrected chi connectivity index (χ2v) is 14.3. The standard InChI is InChI=1S/C42H46N4O/c1-25(2)41-40(39-29(7)20-28(6)21-30(39)8)42(26(3)4)46(44-41)31-12-11-13-32(23-31)47-33-16-17-35-34-14-9-10-15-36(34)45(37(35)24-33)38-22-27(5)18-19-43-38/h9-20,22-26,28,30,39H,21H2,1-8H3/t28?,30-,39+/m0/s1. The molecule has 5 heteroatoms. The van der Waals surface area contributed by atoms with E-state index in [9.17, 15) is 0 Å². The highest BCUT2D eigenvalue weighted by Gasteiger charge is 2.35. The molecule has 5 nitrogen and oxygen atoms in total. The summed E-state index contributed by atoms with van der Waals surface area (Å²) in [5.41, 5.74) is 9.82. The average Bonchev–Trinajstić information content (AvgIpc) is 3.58. The van der Waals surface area contributed by atoms with Gasteiger partial charge in [-0.3, -0.25) is 4.57 Å². The lowest BCUT2D eigenvalue weighted by Gasteiger charge is -2.33. The van der Waals surface area contributed by atoms with Crippen molar-refractivity contribution < 1.29 is 4.74 Å². The van der Waals surface area contributed by atoms with Crippen molar-refractivity contribution in [3.05, 3.63) is 119 Å². The van der Waals surface area contributed by atoms with Crippen molar-refractivity contribution in [1.29, 1.82) is 0 Å². The van der Waals surface area contributed by atoms with Crippen LogP contribution in [0.4, 0.5) is 0 Å². The first-order chi connectivity index (χ1) is 22.6. The van der Waals surface area contributed by atoms with E-state index in [4.69, 9.17) is 14.8 Å². The molecule has 0 fully saturated rings. The number of ether oxygens (including phenoxy) is 1. The molecule has 0 amide bonds. The van der Waals surface area contributed by atoms with E-state index in [1.165, 1.54) is 45.3 Å². The van der Waals surface area contributed by atoms with Gasteiger partial charge in [0.25, 0.3) is 0 Å². The molecule has 1 aliphatic rings. The van der Waals surface area contributed by atoms with Crippen molar-refractivity contribution in [3.8, 4) is 23.0 Å². The highest BCUT2D eigenvalue weighted by atomic mass is 16.5. The molecule has 0 saturated carbocycles. The van der Waals surface area contributed by atoms with Gasteiger partial charge in [-0.15, -0.1) is 0 Å². The summed E-state index contributed by atoms with van der Waals surface area (Å²) in [6.45, 7) is 18.3. The SMILES string of the molecule is CC1=CC(C)C[C@H](C)[C@@H]1c1c(C(C)C)nn(-c2cccc(Oc3ccc4c5ccccc5n(-c5cc(C)ccn5)c4c3)c2)c1C(C)C. The van der Waals surface area contributed by atoms with E-state index in [1.54, 1.807) is 0 Å². The van der Waals surface area contributed by atoms with E-state index in [0.29, 0.717) is 29.6 Å². The van der Waals surface area contributed by atoms with Crippen molar-refractivity contribution in [2.45, 2.75) is 79.6 Å². The van der Waals surface area contributed by atoms with Gasteiger partial charge in [0.15, 0.2) is 0 Å². The number of hydrogen-bond donors (Lipinski definition) is 0. The minimum atomic E-state index is 0.313. The summed E-state index contributed by atoms with van der Waals surface area (Å²) >= 11 is 0. The zero-order valence-electron chi connectivity index (χ0n) is 29.0. The van der Waals surface area contributed by atoms with Gasteiger partial charge in [-0.1, -0.05) is 77.5 Å². The summed E-state index contributed by atoms with van der Waals surface area (Å²) in [6, 6.07) is 27.4. The molecular weight excluding hydrogens is 576 g/mol. The predicted molar refractivity (Wildman–Crippen MR) is 195 cm³/mol. The van der Waals surface area contributed by atoms with Gasteiger partial charge < -0.3 is 4.74 Å². The maximum absolute atomic E-state index is 6.62. The quantitative estimate of drug-likeness (QED) is 0.166. The molecule has 3 aromatic carbocycles. The summed E-state index contributed by atoms with van der Waals surface area (Å²) in [7, 11) is 0. The first-order valence-corrected chi connectivity index (χ1v) is 17.2. The number of fused-ring (bicyclic) bond motifs is 3. The third-order valence-electron chi connectivity index (χ3n) is 9.82. The summed E-state index contributed by atoms with van der Waals surface area (Å²) < 4.78 is 11.1. The Hall–Kier alpha value is -4.64. The Kier molecular flexibility index (Phi) is 8.03. The molecule has 0 N–H and O–H groups in total. The lowest BCUT2D eigenvalue weighted by atomic mass is 9.71. The maximum Gasteiger partial charge on any atom is 0.137 e. The van der Waals surface area contributed by atoms with E-state index in [2.05, 4.69) is 137 Å². The van der Waals surface area contributed by atoms with Gasteiger partial charge in [0.05, 0.1) is 28.1 Å². The molecule has 240 valence electrons. The Morgan fingerprint density at radius 1 is 0.787 bits per heavy atom. The molecule has 1 unspecified atom stereocenters. The number of nitrogens with zero attached hydrogens (tertiary/aromatic N) is 4. The van der Waals surface area contributed by atoms with Crippen LogP contribution >= 0.6 is 0 Å². The van der Waals surface area contributed by atoms with Gasteiger partial charge in [0, 0.05) is 40.6 Å². The van der Waals surface area contributed by atoms with Crippen LogP contribution in [0.25, 0.3) is 33.3 Å². The van der Waals surface area contributed by atoms with Gasteiger partial charge in [0.2, 0.25) is 0 Å². The molecule has 7 rings (SSSR count). The van der Waals surface area contributed by atoms with Gasteiger partial charge in [0.1, 0.15) is 17.3 Å². The smallest absolute Gasteiger partial charge is 0.137 e. The third-order valence-corrected chi connectivity index (χ3v) is 9.82. The lowest BCUT2D eigenvalue weighted by Crippen LogP contribution is -2.21. The monoisotopic (exact) mass is 622 g/mol. The molecule has 0 spiro atoms. The van der Waals surface area contributed by atoms with Crippen molar-refractivity contribution in [2.75, 3.05) is 0 Å². The van der Waals surface area contributed by atoms with E-state index in [1.807, 2.05) is 18.3 Å². The zero-order chi connectivity index (χ0) is 33.0. The summed E-state index contributed by atoms with van der Waals surface area (Å²) in [5.74, 6) is 4.67. The average molecular weight is 623 g/mol. The molecule has 47 heavy (non-hydrogen) atoms. The fourth-order valence-electron chi connectivity index (χ4n) is 7.98. The second-order valence-electron chi connectivity index (χ2n) is 14.3. The van der Waals surface area contributed by atoms with Crippen LogP contribution < -0.4 is 4.74 Å². The van der Waals surface area contributed by atoms with E-state index in [-0.39, 0.29) is 0 Å². The summed E-state index contributed by atoms with van der Waals surface area (Å²) in [6.07, 6.45) is 5.56. The van der Waals surface area contributed by atoms with E-state index >= 15 is 0 Å².